The van der Waals surface area contributed by atoms with Gasteiger partial charge in [-0.3, -0.25) is 9.69 Å². The highest BCUT2D eigenvalue weighted by Gasteiger charge is 2.12. The molecule has 0 amide bonds. The summed E-state index contributed by atoms with van der Waals surface area (Å²) in [6.45, 7) is 5.58. The monoisotopic (exact) mass is 211 g/mol. The number of imidazole rings is 1. The lowest BCUT2D eigenvalue weighted by Gasteiger charge is -2.24. The van der Waals surface area contributed by atoms with E-state index in [1.807, 2.05) is 29.5 Å². The molecule has 0 fully saturated rings. The SMILES string of the molecule is CC(C)N(CCn1ccnc1)CC(=O)O. The van der Waals surface area contributed by atoms with Crippen molar-refractivity contribution in [1.82, 2.24) is 14.5 Å². The fourth-order valence-corrected chi connectivity index (χ4v) is 1.36. The third kappa shape index (κ3) is 4.12. The quantitative estimate of drug-likeness (QED) is 0.751. The molecule has 0 spiro atoms. The van der Waals surface area contributed by atoms with E-state index < -0.39 is 5.97 Å². The first-order valence-electron chi connectivity index (χ1n) is 5.01. The number of carboxylic acids is 1. The predicted molar refractivity (Wildman–Crippen MR) is 56.6 cm³/mol. The van der Waals surface area contributed by atoms with Gasteiger partial charge in [0, 0.05) is 31.5 Å². The van der Waals surface area contributed by atoms with Crippen molar-refractivity contribution in [2.45, 2.75) is 26.4 Å². The third-order valence-electron chi connectivity index (χ3n) is 2.27. The molecule has 0 aromatic carbocycles. The second-order valence-corrected chi connectivity index (χ2v) is 3.76. The second kappa shape index (κ2) is 5.50. The van der Waals surface area contributed by atoms with Gasteiger partial charge < -0.3 is 9.67 Å². The molecule has 0 unspecified atom stereocenters. The number of nitrogens with zero attached hydrogens (tertiary/aromatic N) is 3. The Bertz CT molecular complexity index is 296. The second-order valence-electron chi connectivity index (χ2n) is 3.76. The minimum absolute atomic E-state index is 0.0896. The fourth-order valence-electron chi connectivity index (χ4n) is 1.36. The standard InChI is InChI=1S/C10H17N3O2/c1-9(2)13(7-10(14)15)6-5-12-4-3-11-8-12/h3-4,8-9H,5-7H2,1-2H3,(H,14,15). The van der Waals surface area contributed by atoms with Gasteiger partial charge in [0.2, 0.25) is 0 Å². The number of hydrogen-bond donors (Lipinski definition) is 1. The van der Waals surface area contributed by atoms with E-state index in [9.17, 15) is 4.79 Å². The zero-order chi connectivity index (χ0) is 11.3. The van der Waals surface area contributed by atoms with Crippen LogP contribution in [0, 0.1) is 0 Å². The van der Waals surface area contributed by atoms with E-state index in [4.69, 9.17) is 5.11 Å². The Morgan fingerprint density at radius 2 is 2.33 bits per heavy atom. The van der Waals surface area contributed by atoms with E-state index in [1.165, 1.54) is 0 Å². The maximum Gasteiger partial charge on any atom is 0.317 e. The van der Waals surface area contributed by atoms with Gasteiger partial charge in [-0.05, 0) is 13.8 Å². The van der Waals surface area contributed by atoms with Crippen LogP contribution in [-0.2, 0) is 11.3 Å². The van der Waals surface area contributed by atoms with Crippen LogP contribution in [0.15, 0.2) is 18.7 Å². The number of carboxylic acid groups (broad SMARTS) is 1. The molecule has 0 bridgehead atoms. The molecule has 1 heterocycles. The summed E-state index contributed by atoms with van der Waals surface area (Å²) in [6.07, 6.45) is 5.33. The third-order valence-corrected chi connectivity index (χ3v) is 2.27. The largest absolute Gasteiger partial charge is 0.480 e. The Balaban J connectivity index is 2.41. The summed E-state index contributed by atoms with van der Waals surface area (Å²) in [7, 11) is 0. The van der Waals surface area contributed by atoms with Crippen LogP contribution in [0.4, 0.5) is 0 Å². The molecular weight excluding hydrogens is 194 g/mol. The van der Waals surface area contributed by atoms with Crippen LogP contribution in [0.3, 0.4) is 0 Å². The first kappa shape index (κ1) is 11.7. The summed E-state index contributed by atoms with van der Waals surface area (Å²) in [6, 6.07) is 0.240. The highest BCUT2D eigenvalue weighted by molar-refractivity contribution is 5.69. The van der Waals surface area contributed by atoms with Gasteiger partial charge in [-0.2, -0.15) is 0 Å². The van der Waals surface area contributed by atoms with E-state index in [1.54, 1.807) is 12.5 Å². The number of carbonyl (C=O) groups is 1. The lowest BCUT2D eigenvalue weighted by atomic mass is 10.3. The Labute approximate surface area is 89.3 Å². The Morgan fingerprint density at radius 3 is 2.80 bits per heavy atom. The number of aliphatic carboxylic acids is 1. The van der Waals surface area contributed by atoms with Crippen LogP contribution in [0.1, 0.15) is 13.8 Å². The van der Waals surface area contributed by atoms with Crippen molar-refractivity contribution in [3.8, 4) is 0 Å². The molecule has 5 nitrogen and oxygen atoms in total. The molecular formula is C10H17N3O2. The van der Waals surface area contributed by atoms with Gasteiger partial charge in [-0.25, -0.2) is 4.98 Å². The normalized spacial score (nSPS) is 11.2. The van der Waals surface area contributed by atoms with Gasteiger partial charge in [0.15, 0.2) is 0 Å². The number of hydrogen-bond acceptors (Lipinski definition) is 3. The lowest BCUT2D eigenvalue weighted by molar-refractivity contribution is -0.138. The number of aromatic nitrogens is 2. The van der Waals surface area contributed by atoms with Crippen molar-refractivity contribution in [3.05, 3.63) is 18.7 Å². The summed E-state index contributed by atoms with van der Waals surface area (Å²) < 4.78 is 1.94. The molecule has 1 N–H and O–H groups in total. The van der Waals surface area contributed by atoms with Crippen molar-refractivity contribution >= 4 is 5.97 Å². The summed E-state index contributed by atoms with van der Waals surface area (Å²) in [4.78, 5) is 16.5. The molecule has 0 radical (unpaired) electrons. The van der Waals surface area contributed by atoms with Gasteiger partial charge in [0.1, 0.15) is 0 Å². The van der Waals surface area contributed by atoms with E-state index >= 15 is 0 Å². The smallest absolute Gasteiger partial charge is 0.317 e. The zero-order valence-electron chi connectivity index (χ0n) is 9.13. The maximum atomic E-state index is 10.6. The van der Waals surface area contributed by atoms with Crippen molar-refractivity contribution in [2.75, 3.05) is 13.1 Å². The molecule has 1 aromatic heterocycles. The average molecular weight is 211 g/mol. The Morgan fingerprint density at radius 1 is 1.60 bits per heavy atom. The summed E-state index contributed by atoms with van der Waals surface area (Å²) in [5.41, 5.74) is 0. The molecule has 84 valence electrons. The number of rotatable bonds is 6. The Hall–Kier alpha value is -1.36. The van der Waals surface area contributed by atoms with Crippen molar-refractivity contribution in [3.63, 3.8) is 0 Å². The Kier molecular flexibility index (Phi) is 4.30. The topological polar surface area (TPSA) is 58.4 Å². The molecule has 5 heteroatoms. The molecule has 0 atom stereocenters. The molecule has 1 aromatic rings. The van der Waals surface area contributed by atoms with Crippen LogP contribution in [-0.4, -0.2) is 44.7 Å². The van der Waals surface area contributed by atoms with Gasteiger partial charge in [0.05, 0.1) is 12.9 Å². The highest BCUT2D eigenvalue weighted by Crippen LogP contribution is 1.99. The van der Waals surface area contributed by atoms with Crippen molar-refractivity contribution in [2.24, 2.45) is 0 Å². The first-order chi connectivity index (χ1) is 7.09. The molecule has 0 saturated carbocycles. The van der Waals surface area contributed by atoms with E-state index in [0.29, 0.717) is 0 Å². The van der Waals surface area contributed by atoms with Gasteiger partial charge in [-0.15, -0.1) is 0 Å². The molecule has 0 aliphatic rings. The minimum atomic E-state index is -0.783. The van der Waals surface area contributed by atoms with Crippen LogP contribution in [0.25, 0.3) is 0 Å². The minimum Gasteiger partial charge on any atom is -0.480 e. The molecule has 0 aliphatic carbocycles. The predicted octanol–water partition coefficient (Wildman–Crippen LogP) is 0.678. The molecule has 1 rings (SSSR count). The zero-order valence-corrected chi connectivity index (χ0v) is 9.13. The van der Waals surface area contributed by atoms with E-state index in [0.717, 1.165) is 13.1 Å². The molecule has 15 heavy (non-hydrogen) atoms. The van der Waals surface area contributed by atoms with Crippen LogP contribution in [0.5, 0.6) is 0 Å². The van der Waals surface area contributed by atoms with Gasteiger partial charge in [0.25, 0.3) is 0 Å². The summed E-state index contributed by atoms with van der Waals surface area (Å²) in [5, 5.41) is 8.73. The van der Waals surface area contributed by atoms with Gasteiger partial charge in [-0.1, -0.05) is 0 Å². The van der Waals surface area contributed by atoms with Crippen LogP contribution in [0.2, 0.25) is 0 Å². The fraction of sp³-hybridized carbons (Fsp3) is 0.600. The first-order valence-corrected chi connectivity index (χ1v) is 5.01. The average Bonchev–Trinajstić information content (AvgIpc) is 2.63. The highest BCUT2D eigenvalue weighted by atomic mass is 16.4. The van der Waals surface area contributed by atoms with Crippen LogP contribution < -0.4 is 0 Å². The van der Waals surface area contributed by atoms with Crippen molar-refractivity contribution in [1.29, 1.82) is 0 Å². The van der Waals surface area contributed by atoms with Gasteiger partial charge >= 0.3 is 5.97 Å². The maximum absolute atomic E-state index is 10.6. The molecule has 0 saturated heterocycles. The van der Waals surface area contributed by atoms with E-state index in [-0.39, 0.29) is 12.6 Å². The lowest BCUT2D eigenvalue weighted by Crippen LogP contribution is -2.37. The van der Waals surface area contributed by atoms with Crippen molar-refractivity contribution < 1.29 is 9.90 Å². The van der Waals surface area contributed by atoms with E-state index in [2.05, 4.69) is 4.98 Å². The van der Waals surface area contributed by atoms with Crippen LogP contribution >= 0.6 is 0 Å². The summed E-state index contributed by atoms with van der Waals surface area (Å²) in [5.74, 6) is -0.783. The molecule has 0 aliphatic heterocycles. The summed E-state index contributed by atoms with van der Waals surface area (Å²) >= 11 is 0.